The van der Waals surface area contributed by atoms with Crippen molar-refractivity contribution < 1.29 is 4.74 Å². The zero-order chi connectivity index (χ0) is 13.9. The van der Waals surface area contributed by atoms with Crippen molar-refractivity contribution in [1.82, 2.24) is 0 Å². The van der Waals surface area contributed by atoms with E-state index in [-0.39, 0.29) is 11.6 Å². The minimum Gasteiger partial charge on any atom is -0.487 e. The van der Waals surface area contributed by atoms with Crippen molar-refractivity contribution in [2.45, 2.75) is 57.6 Å². The summed E-state index contributed by atoms with van der Waals surface area (Å²) in [6.07, 6.45) is 6.63. The molecule has 0 spiro atoms. The van der Waals surface area contributed by atoms with Crippen LogP contribution in [0.2, 0.25) is 0 Å². The first-order valence-corrected chi connectivity index (χ1v) is 8.09. The summed E-state index contributed by atoms with van der Waals surface area (Å²) in [6, 6.07) is 6.85. The van der Waals surface area contributed by atoms with Gasteiger partial charge in [0.05, 0.1) is 0 Å². The Kier molecular flexibility index (Phi) is 2.69. The maximum atomic E-state index is 6.61. The van der Waals surface area contributed by atoms with Gasteiger partial charge in [-0.25, -0.2) is 0 Å². The van der Waals surface area contributed by atoms with Crippen molar-refractivity contribution in [2.75, 3.05) is 0 Å². The van der Waals surface area contributed by atoms with Crippen LogP contribution in [0, 0.1) is 17.8 Å². The monoisotopic (exact) mass is 271 g/mol. The average molecular weight is 271 g/mol. The molecule has 2 bridgehead atoms. The lowest BCUT2D eigenvalue weighted by atomic mass is 9.80. The molecule has 2 saturated carbocycles. The lowest BCUT2D eigenvalue weighted by Crippen LogP contribution is -2.26. The van der Waals surface area contributed by atoms with Crippen LogP contribution in [0.15, 0.2) is 18.2 Å². The Morgan fingerprint density at radius 2 is 2.10 bits per heavy atom. The Morgan fingerprint density at radius 1 is 1.25 bits per heavy atom. The second-order valence-corrected chi connectivity index (χ2v) is 7.77. The van der Waals surface area contributed by atoms with Crippen LogP contribution >= 0.6 is 0 Å². The molecular formula is C18H25NO. The van der Waals surface area contributed by atoms with Crippen molar-refractivity contribution in [2.24, 2.45) is 23.5 Å². The van der Waals surface area contributed by atoms with Crippen LogP contribution < -0.4 is 10.5 Å². The molecule has 1 heterocycles. The lowest BCUT2D eigenvalue weighted by molar-refractivity contribution is 0.138. The summed E-state index contributed by atoms with van der Waals surface area (Å²) in [5.74, 6) is 3.62. The maximum absolute atomic E-state index is 6.61. The molecule has 4 rings (SSSR count). The summed E-state index contributed by atoms with van der Waals surface area (Å²) in [7, 11) is 0. The van der Waals surface area contributed by atoms with Crippen LogP contribution in [0.25, 0.3) is 0 Å². The van der Waals surface area contributed by atoms with Crippen molar-refractivity contribution in [3.63, 3.8) is 0 Å². The van der Waals surface area contributed by atoms with Gasteiger partial charge in [-0.05, 0) is 68.1 Å². The van der Waals surface area contributed by atoms with Crippen LogP contribution in [-0.2, 0) is 6.42 Å². The van der Waals surface area contributed by atoms with E-state index >= 15 is 0 Å². The molecule has 0 aromatic heterocycles. The number of hydrogen-bond donors (Lipinski definition) is 1. The molecule has 3 aliphatic rings. The van der Waals surface area contributed by atoms with E-state index in [0.717, 1.165) is 24.0 Å². The number of ether oxygens (including phenoxy) is 1. The van der Waals surface area contributed by atoms with Gasteiger partial charge in [-0.1, -0.05) is 18.6 Å². The summed E-state index contributed by atoms with van der Waals surface area (Å²) >= 11 is 0. The number of nitrogens with two attached hydrogens (primary N) is 1. The summed E-state index contributed by atoms with van der Waals surface area (Å²) in [4.78, 5) is 0. The van der Waals surface area contributed by atoms with Gasteiger partial charge < -0.3 is 10.5 Å². The van der Waals surface area contributed by atoms with E-state index < -0.39 is 0 Å². The summed E-state index contributed by atoms with van der Waals surface area (Å²) in [5, 5.41) is 0. The summed E-state index contributed by atoms with van der Waals surface area (Å²) < 4.78 is 5.96. The molecule has 2 N–H and O–H groups in total. The fourth-order valence-electron chi connectivity index (χ4n) is 4.82. The van der Waals surface area contributed by atoms with E-state index in [9.17, 15) is 0 Å². The normalized spacial score (nSPS) is 34.9. The number of hydrogen-bond acceptors (Lipinski definition) is 2. The van der Waals surface area contributed by atoms with Gasteiger partial charge in [0.25, 0.3) is 0 Å². The fourth-order valence-corrected chi connectivity index (χ4v) is 4.82. The molecule has 1 aromatic rings. The van der Waals surface area contributed by atoms with Crippen molar-refractivity contribution >= 4 is 0 Å². The molecule has 0 amide bonds. The van der Waals surface area contributed by atoms with Crippen molar-refractivity contribution in [3.8, 4) is 5.75 Å². The molecule has 108 valence electrons. The fraction of sp³-hybridized carbons (Fsp3) is 0.667. The predicted molar refractivity (Wildman–Crippen MR) is 80.7 cm³/mol. The van der Waals surface area contributed by atoms with Gasteiger partial charge >= 0.3 is 0 Å². The highest BCUT2D eigenvalue weighted by molar-refractivity contribution is 5.42. The van der Waals surface area contributed by atoms with Crippen LogP contribution in [0.1, 0.15) is 56.7 Å². The van der Waals surface area contributed by atoms with Gasteiger partial charge in [-0.15, -0.1) is 0 Å². The predicted octanol–water partition coefficient (Wildman–Crippen LogP) is 3.84. The Balaban J connectivity index is 1.58. The molecule has 0 saturated heterocycles. The molecule has 2 fully saturated rings. The summed E-state index contributed by atoms with van der Waals surface area (Å²) in [5.41, 5.74) is 9.21. The second-order valence-electron chi connectivity index (χ2n) is 7.77. The van der Waals surface area contributed by atoms with E-state index in [1.165, 1.54) is 36.8 Å². The van der Waals surface area contributed by atoms with Gasteiger partial charge in [0.1, 0.15) is 11.4 Å². The zero-order valence-electron chi connectivity index (χ0n) is 12.6. The highest BCUT2D eigenvalue weighted by atomic mass is 16.5. The molecule has 1 aliphatic heterocycles. The van der Waals surface area contributed by atoms with Gasteiger partial charge in [0.2, 0.25) is 0 Å². The Labute approximate surface area is 121 Å². The molecule has 4 atom stereocenters. The molecular weight excluding hydrogens is 246 g/mol. The van der Waals surface area contributed by atoms with Crippen LogP contribution in [0.3, 0.4) is 0 Å². The van der Waals surface area contributed by atoms with Gasteiger partial charge in [-0.2, -0.15) is 0 Å². The van der Waals surface area contributed by atoms with Crippen LogP contribution in [-0.4, -0.2) is 5.60 Å². The third-order valence-electron chi connectivity index (χ3n) is 5.73. The highest BCUT2D eigenvalue weighted by Gasteiger charge is 2.42. The lowest BCUT2D eigenvalue weighted by Gasteiger charge is -2.28. The Hall–Kier alpha value is -1.02. The molecule has 0 radical (unpaired) electrons. The molecule has 1 aromatic carbocycles. The SMILES string of the molecule is CC1(C)Cc2cc(C(N)C3CC4CCC3C4)ccc2O1. The van der Waals surface area contributed by atoms with E-state index in [0.29, 0.717) is 5.92 Å². The topological polar surface area (TPSA) is 35.2 Å². The van der Waals surface area contributed by atoms with Crippen molar-refractivity contribution in [1.29, 1.82) is 0 Å². The molecule has 2 heteroatoms. The molecule has 2 aliphatic carbocycles. The third kappa shape index (κ3) is 1.96. The average Bonchev–Trinajstić information content (AvgIpc) is 3.07. The first kappa shape index (κ1) is 12.7. The van der Waals surface area contributed by atoms with Gasteiger partial charge in [0, 0.05) is 12.5 Å². The quantitative estimate of drug-likeness (QED) is 0.887. The van der Waals surface area contributed by atoms with E-state index in [2.05, 4.69) is 32.0 Å². The Bertz CT molecular complexity index is 536. The minimum absolute atomic E-state index is 0.0581. The second kappa shape index (κ2) is 4.24. The summed E-state index contributed by atoms with van der Waals surface area (Å²) in [6.45, 7) is 4.31. The highest BCUT2D eigenvalue weighted by Crippen LogP contribution is 2.52. The Morgan fingerprint density at radius 3 is 2.80 bits per heavy atom. The minimum atomic E-state index is -0.0581. The van der Waals surface area contributed by atoms with Crippen LogP contribution in [0.4, 0.5) is 0 Å². The van der Waals surface area contributed by atoms with Gasteiger partial charge in [0.15, 0.2) is 0 Å². The largest absolute Gasteiger partial charge is 0.487 e. The van der Waals surface area contributed by atoms with Crippen molar-refractivity contribution in [3.05, 3.63) is 29.3 Å². The van der Waals surface area contributed by atoms with Gasteiger partial charge in [-0.3, -0.25) is 0 Å². The van der Waals surface area contributed by atoms with Crippen LogP contribution in [0.5, 0.6) is 5.75 Å². The molecule has 2 nitrogen and oxygen atoms in total. The van der Waals surface area contributed by atoms with E-state index in [4.69, 9.17) is 10.5 Å². The van der Waals surface area contributed by atoms with E-state index in [1.807, 2.05) is 0 Å². The smallest absolute Gasteiger partial charge is 0.123 e. The number of fused-ring (bicyclic) bond motifs is 3. The van der Waals surface area contributed by atoms with E-state index in [1.54, 1.807) is 0 Å². The number of rotatable bonds is 2. The maximum Gasteiger partial charge on any atom is 0.123 e. The molecule has 20 heavy (non-hydrogen) atoms. The molecule has 4 unspecified atom stereocenters. The zero-order valence-corrected chi connectivity index (χ0v) is 12.6. The number of benzene rings is 1. The first-order chi connectivity index (χ1) is 9.52. The third-order valence-corrected chi connectivity index (χ3v) is 5.73. The first-order valence-electron chi connectivity index (χ1n) is 8.09. The standard InChI is InChI=1S/C18H25NO/c1-18(2)10-14-9-13(5-6-16(14)20-18)17(19)15-8-11-3-4-12(15)7-11/h5-6,9,11-12,15,17H,3-4,7-8,10,19H2,1-2H3.